The minimum atomic E-state index is -0.202. The maximum absolute atomic E-state index is 12.4. The zero-order chi connectivity index (χ0) is 21.8. The Balaban J connectivity index is 1.43. The van der Waals surface area contributed by atoms with Crippen LogP contribution in [-0.2, 0) is 11.2 Å². The van der Waals surface area contributed by atoms with E-state index in [2.05, 4.69) is 35.2 Å². The molecule has 3 atom stereocenters. The molecular formula is C23H28N6OS. The molecule has 2 aromatic rings. The first-order valence-corrected chi connectivity index (χ1v) is 11.5. The van der Waals surface area contributed by atoms with Crippen LogP contribution in [0.3, 0.4) is 0 Å². The molecular weight excluding hydrogens is 408 g/mol. The van der Waals surface area contributed by atoms with Gasteiger partial charge in [-0.2, -0.15) is 0 Å². The maximum atomic E-state index is 12.4. The number of carbonyl (C=O) groups is 1. The zero-order valence-corrected chi connectivity index (χ0v) is 18.6. The topological polar surface area (TPSA) is 92.6 Å². The Morgan fingerprint density at radius 2 is 2.00 bits per heavy atom. The van der Waals surface area contributed by atoms with Crippen LogP contribution in [0.15, 0.2) is 59.6 Å². The second-order valence-corrected chi connectivity index (χ2v) is 8.84. The highest BCUT2D eigenvalue weighted by Crippen LogP contribution is 2.31. The van der Waals surface area contributed by atoms with E-state index in [4.69, 9.17) is 10.4 Å². The fourth-order valence-corrected chi connectivity index (χ4v) is 4.77. The van der Waals surface area contributed by atoms with Crippen LogP contribution in [0.5, 0.6) is 0 Å². The van der Waals surface area contributed by atoms with Gasteiger partial charge in [-0.3, -0.25) is 20.5 Å². The molecule has 3 unspecified atom stereocenters. The van der Waals surface area contributed by atoms with Crippen LogP contribution >= 0.6 is 11.8 Å². The summed E-state index contributed by atoms with van der Waals surface area (Å²) < 4.78 is 0. The van der Waals surface area contributed by atoms with Crippen LogP contribution < -0.4 is 21.1 Å². The third kappa shape index (κ3) is 4.98. The molecule has 1 fully saturated rings. The standard InChI is InChI=1S/C23H28N6OS/c1-15-7-6-10-18(13-15)29-21(24)20-16(2)27-28-22(20)26-23(29)31-14-19(30)25-12-11-17-8-4-3-5-9-17/h3-10,13,16,20,22,24,27-28H,11-12,14H2,1-2H3,(H,25,30). The number of hydrazine groups is 1. The van der Waals surface area contributed by atoms with Crippen molar-refractivity contribution in [2.45, 2.75) is 32.5 Å². The summed E-state index contributed by atoms with van der Waals surface area (Å²) >= 11 is 1.37. The summed E-state index contributed by atoms with van der Waals surface area (Å²) in [6.07, 6.45) is 0.599. The lowest BCUT2D eigenvalue weighted by atomic mass is 9.97. The van der Waals surface area contributed by atoms with E-state index in [1.807, 2.05) is 54.3 Å². The van der Waals surface area contributed by atoms with E-state index < -0.39 is 0 Å². The van der Waals surface area contributed by atoms with Gasteiger partial charge in [0.15, 0.2) is 5.17 Å². The van der Waals surface area contributed by atoms with Gasteiger partial charge < -0.3 is 5.32 Å². The van der Waals surface area contributed by atoms with E-state index in [9.17, 15) is 4.79 Å². The van der Waals surface area contributed by atoms with Crippen molar-refractivity contribution in [2.75, 3.05) is 17.2 Å². The number of rotatable bonds is 6. The molecule has 4 rings (SSSR count). The van der Waals surface area contributed by atoms with Crippen molar-refractivity contribution in [1.82, 2.24) is 16.2 Å². The van der Waals surface area contributed by atoms with E-state index in [0.717, 1.165) is 17.7 Å². The van der Waals surface area contributed by atoms with Crippen molar-refractivity contribution in [3.05, 3.63) is 65.7 Å². The van der Waals surface area contributed by atoms with Crippen molar-refractivity contribution in [1.29, 1.82) is 5.41 Å². The van der Waals surface area contributed by atoms with E-state index in [-0.39, 0.29) is 29.8 Å². The molecule has 1 amide bonds. The van der Waals surface area contributed by atoms with Crippen LogP contribution in [0.25, 0.3) is 0 Å². The number of benzene rings is 2. The molecule has 8 heteroatoms. The van der Waals surface area contributed by atoms with Crippen molar-refractivity contribution in [2.24, 2.45) is 10.9 Å². The van der Waals surface area contributed by atoms with Crippen LogP contribution in [-0.4, -0.2) is 41.4 Å². The van der Waals surface area contributed by atoms with Crippen molar-refractivity contribution >= 4 is 34.4 Å². The van der Waals surface area contributed by atoms with Crippen LogP contribution in [0.1, 0.15) is 18.1 Å². The number of amides is 1. The van der Waals surface area contributed by atoms with Gasteiger partial charge in [-0.25, -0.2) is 10.4 Å². The third-order valence-corrected chi connectivity index (χ3v) is 6.46. The first-order valence-electron chi connectivity index (χ1n) is 10.5. The predicted octanol–water partition coefficient (Wildman–Crippen LogP) is 2.68. The molecule has 31 heavy (non-hydrogen) atoms. The molecule has 0 aromatic heterocycles. The molecule has 0 radical (unpaired) electrons. The predicted molar refractivity (Wildman–Crippen MR) is 127 cm³/mol. The lowest BCUT2D eigenvalue weighted by Crippen LogP contribution is -2.50. The SMILES string of the molecule is Cc1cccc(N2C(=N)C3C(C)NNC3N=C2SCC(=O)NCCc2ccccc2)c1. The van der Waals surface area contributed by atoms with Gasteiger partial charge in [0.1, 0.15) is 12.0 Å². The molecule has 2 aliphatic heterocycles. The minimum Gasteiger partial charge on any atom is -0.355 e. The average molecular weight is 437 g/mol. The highest BCUT2D eigenvalue weighted by molar-refractivity contribution is 8.14. The average Bonchev–Trinajstić information content (AvgIpc) is 3.14. The summed E-state index contributed by atoms with van der Waals surface area (Å²) in [4.78, 5) is 19.2. The molecule has 0 saturated carbocycles. The highest BCUT2D eigenvalue weighted by atomic mass is 32.2. The minimum absolute atomic E-state index is 0.0349. The monoisotopic (exact) mass is 436 g/mol. The summed E-state index contributed by atoms with van der Waals surface area (Å²) in [6, 6.07) is 18.3. The number of anilines is 1. The van der Waals surface area contributed by atoms with E-state index in [1.165, 1.54) is 17.3 Å². The van der Waals surface area contributed by atoms with Gasteiger partial charge in [-0.05, 0) is 43.5 Å². The lowest BCUT2D eigenvalue weighted by Gasteiger charge is -2.36. The van der Waals surface area contributed by atoms with Gasteiger partial charge >= 0.3 is 0 Å². The number of carbonyl (C=O) groups excluding carboxylic acids is 1. The molecule has 0 bridgehead atoms. The van der Waals surface area contributed by atoms with Gasteiger partial charge in [0, 0.05) is 18.3 Å². The molecule has 7 nitrogen and oxygen atoms in total. The number of hydrogen-bond acceptors (Lipinski definition) is 6. The van der Waals surface area contributed by atoms with Gasteiger partial charge in [0.05, 0.1) is 11.7 Å². The third-order valence-electron chi connectivity index (χ3n) is 5.51. The lowest BCUT2D eigenvalue weighted by molar-refractivity contribution is -0.118. The molecule has 4 N–H and O–H groups in total. The molecule has 2 aliphatic rings. The quantitative estimate of drug-likeness (QED) is 0.559. The number of nitrogens with zero attached hydrogens (tertiary/aromatic N) is 2. The molecule has 2 heterocycles. The summed E-state index contributed by atoms with van der Waals surface area (Å²) in [7, 11) is 0. The number of amidine groups is 2. The van der Waals surface area contributed by atoms with Crippen molar-refractivity contribution < 1.29 is 4.79 Å². The number of thioether (sulfide) groups is 1. The van der Waals surface area contributed by atoms with E-state index in [1.54, 1.807) is 0 Å². The van der Waals surface area contributed by atoms with Crippen LogP contribution in [0, 0.1) is 18.3 Å². The normalized spacial score (nSPS) is 22.8. The maximum Gasteiger partial charge on any atom is 0.230 e. The van der Waals surface area contributed by atoms with Crippen molar-refractivity contribution in [3.63, 3.8) is 0 Å². The fraction of sp³-hybridized carbons (Fsp3) is 0.348. The van der Waals surface area contributed by atoms with Crippen LogP contribution in [0.4, 0.5) is 5.69 Å². The largest absolute Gasteiger partial charge is 0.355 e. The number of aryl methyl sites for hydroxylation is 1. The smallest absolute Gasteiger partial charge is 0.230 e. The summed E-state index contributed by atoms with van der Waals surface area (Å²) in [5.41, 5.74) is 9.58. The molecule has 0 aliphatic carbocycles. The van der Waals surface area contributed by atoms with E-state index in [0.29, 0.717) is 17.5 Å². The van der Waals surface area contributed by atoms with Gasteiger partial charge in [-0.15, -0.1) is 0 Å². The Kier molecular flexibility index (Phi) is 6.70. The summed E-state index contributed by atoms with van der Waals surface area (Å²) in [5, 5.41) is 12.5. The van der Waals surface area contributed by atoms with Crippen molar-refractivity contribution in [3.8, 4) is 0 Å². The zero-order valence-electron chi connectivity index (χ0n) is 17.8. The van der Waals surface area contributed by atoms with E-state index >= 15 is 0 Å². The Bertz CT molecular complexity index is 979. The number of nitrogens with one attached hydrogen (secondary N) is 4. The summed E-state index contributed by atoms with van der Waals surface area (Å²) in [6.45, 7) is 4.68. The first kappa shape index (κ1) is 21.5. The molecule has 2 aromatic carbocycles. The number of aliphatic imine (C=N–C) groups is 1. The molecule has 1 saturated heterocycles. The first-order chi connectivity index (χ1) is 15.0. The Labute approximate surface area is 187 Å². The Hall–Kier alpha value is -2.68. The van der Waals surface area contributed by atoms with Crippen LogP contribution in [0.2, 0.25) is 0 Å². The van der Waals surface area contributed by atoms with Gasteiger partial charge in [0.2, 0.25) is 5.91 Å². The second-order valence-electron chi connectivity index (χ2n) is 7.89. The Morgan fingerprint density at radius 1 is 1.19 bits per heavy atom. The fourth-order valence-electron chi connectivity index (χ4n) is 3.89. The number of hydrogen-bond donors (Lipinski definition) is 4. The molecule has 162 valence electrons. The highest BCUT2D eigenvalue weighted by Gasteiger charge is 2.43. The summed E-state index contributed by atoms with van der Waals surface area (Å²) in [5.74, 6) is 0.642. The number of fused-ring (bicyclic) bond motifs is 1. The van der Waals surface area contributed by atoms with Gasteiger partial charge in [-0.1, -0.05) is 54.2 Å². The second kappa shape index (κ2) is 9.64. The van der Waals surface area contributed by atoms with Gasteiger partial charge in [0.25, 0.3) is 0 Å². The Morgan fingerprint density at radius 3 is 2.77 bits per heavy atom. The molecule has 0 spiro atoms.